The van der Waals surface area contributed by atoms with E-state index in [1.54, 1.807) is 16.2 Å². The number of aromatic nitrogens is 2. The van der Waals surface area contributed by atoms with Gasteiger partial charge in [0.15, 0.2) is 5.16 Å². The number of carbonyl (C=O) groups excluding carboxylic acids is 1. The highest BCUT2D eigenvalue weighted by molar-refractivity contribution is 9.10. The first-order valence-corrected chi connectivity index (χ1v) is 10.8. The molecule has 1 amide bonds. The Morgan fingerprint density at radius 2 is 2.04 bits per heavy atom. The van der Waals surface area contributed by atoms with E-state index in [0.717, 1.165) is 20.9 Å². The molecule has 2 heterocycles. The second kappa shape index (κ2) is 8.41. The molecule has 3 rings (SSSR count). The maximum atomic E-state index is 12.4. The zero-order valence-electron chi connectivity index (χ0n) is 14.9. The highest BCUT2D eigenvalue weighted by atomic mass is 79.9. The number of imidazole rings is 1. The normalized spacial score (nSPS) is 10.9. The van der Waals surface area contributed by atoms with Gasteiger partial charge in [-0.3, -0.25) is 4.79 Å². The van der Waals surface area contributed by atoms with Crippen LogP contribution in [0, 0.1) is 6.92 Å². The number of amides is 1. The van der Waals surface area contributed by atoms with Gasteiger partial charge in [0.25, 0.3) is 0 Å². The van der Waals surface area contributed by atoms with Crippen molar-refractivity contribution in [3.63, 3.8) is 0 Å². The zero-order valence-corrected chi connectivity index (χ0v) is 18.1. The third-order valence-electron chi connectivity index (χ3n) is 4.18. The van der Waals surface area contributed by atoms with Crippen molar-refractivity contribution in [2.24, 2.45) is 7.05 Å². The van der Waals surface area contributed by atoms with Crippen LogP contribution in [-0.2, 0) is 18.4 Å². The molecule has 0 radical (unpaired) electrons. The van der Waals surface area contributed by atoms with Gasteiger partial charge in [0.05, 0.1) is 24.2 Å². The number of hydrogen-bond acceptors (Lipinski definition) is 4. The van der Waals surface area contributed by atoms with E-state index in [-0.39, 0.29) is 5.91 Å². The minimum Gasteiger partial charge on any atom is -0.340 e. The van der Waals surface area contributed by atoms with Crippen molar-refractivity contribution in [1.82, 2.24) is 14.5 Å². The molecule has 0 spiro atoms. The maximum absolute atomic E-state index is 12.4. The predicted octanol–water partition coefficient (Wildman–Crippen LogP) is 4.97. The fourth-order valence-corrected chi connectivity index (χ4v) is 4.64. The number of carbonyl (C=O) groups is 1. The summed E-state index contributed by atoms with van der Waals surface area (Å²) in [6.07, 6.45) is 1.86. The molecule has 0 atom stereocenters. The second-order valence-corrected chi connectivity index (χ2v) is 8.92. The molecule has 0 aliphatic carbocycles. The van der Waals surface area contributed by atoms with Gasteiger partial charge in [-0.1, -0.05) is 39.8 Å². The average Bonchev–Trinajstić information content (AvgIpc) is 3.19. The van der Waals surface area contributed by atoms with Crippen LogP contribution in [0.2, 0.25) is 0 Å². The molecule has 0 fully saturated rings. The van der Waals surface area contributed by atoms with E-state index >= 15 is 0 Å². The molecular formula is C19H20BrN3OS2. The van der Waals surface area contributed by atoms with E-state index in [1.165, 1.54) is 22.2 Å². The van der Waals surface area contributed by atoms with Gasteiger partial charge in [0, 0.05) is 23.4 Å². The third kappa shape index (κ3) is 4.39. The number of benzene rings is 1. The van der Waals surface area contributed by atoms with E-state index in [1.807, 2.05) is 37.0 Å². The first-order valence-electron chi connectivity index (χ1n) is 8.13. The Bertz CT molecular complexity index is 902. The summed E-state index contributed by atoms with van der Waals surface area (Å²) < 4.78 is 3.08. The first-order chi connectivity index (χ1) is 12.5. The van der Waals surface area contributed by atoms with Crippen LogP contribution >= 0.6 is 39.0 Å². The molecule has 26 heavy (non-hydrogen) atoms. The number of rotatable bonds is 6. The largest absolute Gasteiger partial charge is 0.340 e. The number of halogens is 1. The van der Waals surface area contributed by atoms with Gasteiger partial charge in [0.1, 0.15) is 0 Å². The van der Waals surface area contributed by atoms with Crippen LogP contribution in [0.25, 0.3) is 11.3 Å². The molecule has 0 aliphatic heterocycles. The predicted molar refractivity (Wildman–Crippen MR) is 113 cm³/mol. The molecule has 0 saturated carbocycles. The smallest absolute Gasteiger partial charge is 0.233 e. The Labute approximate surface area is 170 Å². The van der Waals surface area contributed by atoms with Crippen molar-refractivity contribution in [1.29, 1.82) is 0 Å². The van der Waals surface area contributed by atoms with Crippen molar-refractivity contribution in [2.75, 3.05) is 12.8 Å². The van der Waals surface area contributed by atoms with Crippen molar-refractivity contribution < 1.29 is 4.79 Å². The summed E-state index contributed by atoms with van der Waals surface area (Å²) in [6, 6.07) is 10.2. The lowest BCUT2D eigenvalue weighted by atomic mass is 10.2. The van der Waals surface area contributed by atoms with Crippen LogP contribution in [0.5, 0.6) is 0 Å². The number of thioether (sulfide) groups is 1. The molecule has 3 aromatic rings. The van der Waals surface area contributed by atoms with Gasteiger partial charge >= 0.3 is 0 Å². The average molecular weight is 450 g/mol. The van der Waals surface area contributed by atoms with Crippen LogP contribution in [0.15, 0.2) is 51.5 Å². The third-order valence-corrected chi connectivity index (χ3v) is 6.75. The van der Waals surface area contributed by atoms with Gasteiger partial charge in [-0.25, -0.2) is 4.98 Å². The Kier molecular flexibility index (Phi) is 6.21. The first kappa shape index (κ1) is 19.2. The van der Waals surface area contributed by atoms with E-state index in [9.17, 15) is 4.79 Å². The minimum absolute atomic E-state index is 0.107. The summed E-state index contributed by atoms with van der Waals surface area (Å²) in [7, 11) is 3.84. The molecule has 4 nitrogen and oxygen atoms in total. The molecule has 0 unspecified atom stereocenters. The van der Waals surface area contributed by atoms with Crippen LogP contribution in [-0.4, -0.2) is 33.2 Å². The Balaban J connectivity index is 1.62. The molecule has 136 valence electrons. The van der Waals surface area contributed by atoms with Gasteiger partial charge in [-0.05, 0) is 41.6 Å². The van der Waals surface area contributed by atoms with Crippen molar-refractivity contribution in [2.45, 2.75) is 18.6 Å². The lowest BCUT2D eigenvalue weighted by Gasteiger charge is -2.16. The number of thiophene rings is 1. The lowest BCUT2D eigenvalue weighted by Crippen LogP contribution is -2.27. The van der Waals surface area contributed by atoms with Crippen molar-refractivity contribution in [3.05, 3.63) is 56.8 Å². The van der Waals surface area contributed by atoms with E-state index in [2.05, 4.69) is 51.4 Å². The molecular weight excluding hydrogens is 430 g/mol. The fourth-order valence-electron chi connectivity index (χ4n) is 2.52. The second-order valence-electron chi connectivity index (χ2n) is 6.06. The van der Waals surface area contributed by atoms with E-state index in [0.29, 0.717) is 12.3 Å². The summed E-state index contributed by atoms with van der Waals surface area (Å²) in [4.78, 5) is 19.9. The van der Waals surface area contributed by atoms with Gasteiger partial charge < -0.3 is 9.47 Å². The van der Waals surface area contributed by atoms with Crippen LogP contribution < -0.4 is 0 Å². The highest BCUT2D eigenvalue weighted by Crippen LogP contribution is 2.26. The number of nitrogens with zero attached hydrogens (tertiary/aromatic N) is 3. The summed E-state index contributed by atoms with van der Waals surface area (Å²) in [5.74, 6) is 0.488. The molecule has 0 N–H and O–H groups in total. The van der Waals surface area contributed by atoms with Crippen LogP contribution in [0.3, 0.4) is 0 Å². The zero-order chi connectivity index (χ0) is 18.7. The van der Waals surface area contributed by atoms with Crippen LogP contribution in [0.1, 0.15) is 10.4 Å². The van der Waals surface area contributed by atoms with Gasteiger partial charge in [-0.15, -0.1) is 11.3 Å². The molecule has 0 aliphatic rings. The lowest BCUT2D eigenvalue weighted by molar-refractivity contribution is -0.127. The molecule has 2 aromatic heterocycles. The molecule has 1 aromatic carbocycles. The van der Waals surface area contributed by atoms with Gasteiger partial charge in [0.2, 0.25) is 5.91 Å². The molecule has 7 heteroatoms. The summed E-state index contributed by atoms with van der Waals surface area (Å²) in [5, 5.41) is 2.91. The van der Waals surface area contributed by atoms with Gasteiger partial charge in [-0.2, -0.15) is 0 Å². The van der Waals surface area contributed by atoms with Crippen molar-refractivity contribution in [3.8, 4) is 11.3 Å². The Hall–Kier alpha value is -1.57. The van der Waals surface area contributed by atoms with Crippen LogP contribution in [0.4, 0.5) is 0 Å². The monoisotopic (exact) mass is 449 g/mol. The van der Waals surface area contributed by atoms with E-state index < -0.39 is 0 Å². The maximum Gasteiger partial charge on any atom is 0.233 e. The fraction of sp³-hybridized carbons (Fsp3) is 0.263. The summed E-state index contributed by atoms with van der Waals surface area (Å²) >= 11 is 6.62. The molecule has 0 saturated heterocycles. The van der Waals surface area contributed by atoms with E-state index in [4.69, 9.17) is 0 Å². The summed E-state index contributed by atoms with van der Waals surface area (Å²) in [5.41, 5.74) is 3.38. The Morgan fingerprint density at radius 3 is 2.69 bits per heavy atom. The van der Waals surface area contributed by atoms with Crippen molar-refractivity contribution >= 4 is 44.9 Å². The standard InChI is InChI=1S/C19H20BrN3OS2/c1-13-8-9-25-17(13)11-22(2)18(24)12-26-19-21-10-16(23(19)3)14-4-6-15(20)7-5-14/h4-10H,11-12H2,1-3H3. The quantitative estimate of drug-likeness (QED) is 0.498. The minimum atomic E-state index is 0.107. The topological polar surface area (TPSA) is 38.1 Å². The number of aryl methyl sites for hydroxylation is 1. The Morgan fingerprint density at radius 1 is 1.31 bits per heavy atom. The number of hydrogen-bond donors (Lipinski definition) is 0. The summed E-state index contributed by atoms with van der Waals surface area (Å²) in [6.45, 7) is 2.74. The SMILES string of the molecule is Cc1ccsc1CN(C)C(=O)CSc1ncc(-c2ccc(Br)cc2)n1C. The highest BCUT2D eigenvalue weighted by Gasteiger charge is 2.15. The molecule has 0 bridgehead atoms.